The minimum absolute atomic E-state index is 0.219. The molecule has 0 aromatic carbocycles. The molecule has 1 atom stereocenters. The van der Waals surface area contributed by atoms with Crippen LogP contribution in [0.3, 0.4) is 0 Å². The Labute approximate surface area is 57.5 Å². The third-order valence-corrected chi connectivity index (χ3v) is 1.26. The highest BCUT2D eigenvalue weighted by Crippen LogP contribution is 2.04. The summed E-state index contributed by atoms with van der Waals surface area (Å²) in [6.07, 6.45) is 6.45. The lowest BCUT2D eigenvalue weighted by Gasteiger charge is -1.99. The number of carbonyl (C=O) groups excluding carboxylic acids is 1. The number of unbranched alkanes of at least 4 members (excludes halogenated alkanes) is 2. The lowest BCUT2D eigenvalue weighted by molar-refractivity contribution is -0.110. The van der Waals surface area contributed by atoms with Crippen LogP contribution in [-0.2, 0) is 4.79 Å². The van der Waals surface area contributed by atoms with Crippen LogP contribution in [0.2, 0.25) is 0 Å². The Bertz CT molecular complexity index is 69.0. The van der Waals surface area contributed by atoms with Crippen molar-refractivity contribution in [3.05, 3.63) is 6.42 Å². The van der Waals surface area contributed by atoms with Crippen LogP contribution < -0.4 is 0 Å². The fraction of sp³-hybridized carbons (Fsp3) is 0.750. The molecule has 1 heteroatoms. The fourth-order valence-electron chi connectivity index (χ4n) is 0.640. The van der Waals surface area contributed by atoms with E-state index in [-0.39, 0.29) is 5.92 Å². The van der Waals surface area contributed by atoms with Crippen molar-refractivity contribution in [2.45, 2.75) is 33.1 Å². The summed E-state index contributed by atoms with van der Waals surface area (Å²) < 4.78 is 0. The van der Waals surface area contributed by atoms with Crippen LogP contribution in [0.1, 0.15) is 33.1 Å². The minimum Gasteiger partial charge on any atom is -0.303 e. The van der Waals surface area contributed by atoms with Crippen LogP contribution in [0.4, 0.5) is 0 Å². The zero-order chi connectivity index (χ0) is 7.11. The topological polar surface area (TPSA) is 17.1 Å². The maximum atomic E-state index is 10.1. The molecule has 9 heavy (non-hydrogen) atoms. The van der Waals surface area contributed by atoms with Crippen molar-refractivity contribution in [3.63, 3.8) is 0 Å². The molecule has 1 nitrogen and oxygen atoms in total. The van der Waals surface area contributed by atoms with Crippen LogP contribution in [-0.4, -0.2) is 6.29 Å². The molecule has 0 bridgehead atoms. The van der Waals surface area contributed by atoms with E-state index < -0.39 is 0 Å². The molecule has 1 unspecified atom stereocenters. The summed E-state index contributed by atoms with van der Waals surface area (Å²) in [6, 6.07) is 0. The predicted molar refractivity (Wildman–Crippen MR) is 39.1 cm³/mol. The van der Waals surface area contributed by atoms with Crippen molar-refractivity contribution in [1.82, 2.24) is 0 Å². The van der Waals surface area contributed by atoms with Crippen molar-refractivity contribution in [3.8, 4) is 0 Å². The SMILES string of the molecule is CCC[CH]CC(C)C=O. The van der Waals surface area contributed by atoms with Gasteiger partial charge in [0.25, 0.3) is 0 Å². The molecule has 0 amide bonds. The maximum Gasteiger partial charge on any atom is 0.122 e. The summed E-state index contributed by atoms with van der Waals surface area (Å²) in [7, 11) is 0. The lowest BCUT2D eigenvalue weighted by atomic mass is 10.1. The van der Waals surface area contributed by atoms with Gasteiger partial charge in [-0.25, -0.2) is 0 Å². The summed E-state index contributed by atoms with van der Waals surface area (Å²) in [5, 5.41) is 0. The molecule has 0 aliphatic carbocycles. The molecule has 0 saturated carbocycles. The largest absolute Gasteiger partial charge is 0.303 e. The molecule has 0 fully saturated rings. The second-order valence-corrected chi connectivity index (χ2v) is 2.43. The van der Waals surface area contributed by atoms with Gasteiger partial charge in [-0.3, -0.25) is 0 Å². The van der Waals surface area contributed by atoms with Crippen molar-refractivity contribution in [1.29, 1.82) is 0 Å². The normalized spacial score (nSPS) is 13.1. The Morgan fingerprint density at radius 2 is 2.22 bits per heavy atom. The van der Waals surface area contributed by atoms with E-state index in [9.17, 15) is 4.79 Å². The first kappa shape index (κ1) is 8.67. The van der Waals surface area contributed by atoms with E-state index in [0.29, 0.717) is 0 Å². The molecule has 0 aromatic rings. The molecule has 0 saturated heterocycles. The minimum atomic E-state index is 0.219. The highest BCUT2D eigenvalue weighted by Gasteiger charge is 1.96. The Morgan fingerprint density at radius 1 is 1.56 bits per heavy atom. The summed E-state index contributed by atoms with van der Waals surface area (Å²) in [4.78, 5) is 10.1. The lowest BCUT2D eigenvalue weighted by Crippen LogP contribution is -1.94. The fourth-order valence-corrected chi connectivity index (χ4v) is 0.640. The highest BCUT2D eigenvalue weighted by molar-refractivity contribution is 5.52. The monoisotopic (exact) mass is 127 g/mol. The standard InChI is InChI=1S/C8H15O/c1-3-4-5-6-8(2)7-9/h5,7-8H,3-4,6H2,1-2H3. The van der Waals surface area contributed by atoms with Gasteiger partial charge in [0, 0.05) is 5.92 Å². The van der Waals surface area contributed by atoms with E-state index in [1.165, 1.54) is 6.42 Å². The number of carbonyl (C=O) groups is 1. The predicted octanol–water partition coefficient (Wildman–Crippen LogP) is 2.22. The van der Waals surface area contributed by atoms with Gasteiger partial charge in [-0.15, -0.1) is 0 Å². The van der Waals surface area contributed by atoms with Crippen molar-refractivity contribution in [2.24, 2.45) is 5.92 Å². The first-order valence-corrected chi connectivity index (χ1v) is 3.58. The molecule has 0 aliphatic heterocycles. The molecular weight excluding hydrogens is 112 g/mol. The molecule has 0 aliphatic rings. The third-order valence-electron chi connectivity index (χ3n) is 1.26. The zero-order valence-electron chi connectivity index (χ0n) is 6.26. The van der Waals surface area contributed by atoms with Crippen molar-refractivity contribution in [2.75, 3.05) is 0 Å². The summed E-state index contributed by atoms with van der Waals surface area (Å²) in [5.74, 6) is 0.219. The average molecular weight is 127 g/mol. The molecule has 0 N–H and O–H groups in total. The van der Waals surface area contributed by atoms with Gasteiger partial charge in [0.1, 0.15) is 6.29 Å². The smallest absolute Gasteiger partial charge is 0.122 e. The Morgan fingerprint density at radius 3 is 2.67 bits per heavy atom. The third kappa shape index (κ3) is 5.54. The van der Waals surface area contributed by atoms with Crippen molar-refractivity contribution >= 4 is 6.29 Å². The number of hydrogen-bond donors (Lipinski definition) is 0. The quantitative estimate of drug-likeness (QED) is 0.409. The average Bonchev–Trinajstić information content (AvgIpc) is 1.89. The van der Waals surface area contributed by atoms with Gasteiger partial charge in [-0.05, 0) is 12.8 Å². The van der Waals surface area contributed by atoms with Crippen LogP contribution in [0.15, 0.2) is 0 Å². The molecule has 0 heterocycles. The van der Waals surface area contributed by atoms with Gasteiger partial charge in [0.2, 0.25) is 0 Å². The first-order valence-electron chi connectivity index (χ1n) is 3.58. The molecule has 1 radical (unpaired) electrons. The van der Waals surface area contributed by atoms with Gasteiger partial charge < -0.3 is 4.79 Å². The highest BCUT2D eigenvalue weighted by atomic mass is 16.1. The molecule has 0 rings (SSSR count). The summed E-state index contributed by atoms with van der Waals surface area (Å²) >= 11 is 0. The van der Waals surface area contributed by atoms with E-state index in [1.807, 2.05) is 6.92 Å². The Balaban J connectivity index is 2.96. The van der Waals surface area contributed by atoms with Gasteiger partial charge in [-0.2, -0.15) is 0 Å². The molecule has 0 aromatic heterocycles. The summed E-state index contributed by atoms with van der Waals surface area (Å²) in [5.41, 5.74) is 0. The molecular formula is C8H15O. The Hall–Kier alpha value is -0.330. The maximum absolute atomic E-state index is 10.1. The number of hydrogen-bond acceptors (Lipinski definition) is 1. The number of aldehydes is 1. The van der Waals surface area contributed by atoms with Crippen LogP contribution in [0.5, 0.6) is 0 Å². The second kappa shape index (κ2) is 5.80. The van der Waals surface area contributed by atoms with E-state index >= 15 is 0 Å². The van der Waals surface area contributed by atoms with Gasteiger partial charge in [0.15, 0.2) is 0 Å². The van der Waals surface area contributed by atoms with Crippen molar-refractivity contribution < 1.29 is 4.79 Å². The van der Waals surface area contributed by atoms with E-state index in [4.69, 9.17) is 0 Å². The van der Waals surface area contributed by atoms with E-state index in [2.05, 4.69) is 13.3 Å². The van der Waals surface area contributed by atoms with Gasteiger partial charge in [-0.1, -0.05) is 26.7 Å². The number of rotatable bonds is 5. The zero-order valence-corrected chi connectivity index (χ0v) is 6.26. The molecule has 53 valence electrons. The summed E-state index contributed by atoms with van der Waals surface area (Å²) in [6.45, 7) is 4.08. The molecule has 0 spiro atoms. The Kier molecular flexibility index (Phi) is 5.59. The first-order chi connectivity index (χ1) is 4.31. The van der Waals surface area contributed by atoms with E-state index in [1.54, 1.807) is 0 Å². The van der Waals surface area contributed by atoms with E-state index in [0.717, 1.165) is 19.1 Å². The van der Waals surface area contributed by atoms with Crippen LogP contribution in [0.25, 0.3) is 0 Å². The van der Waals surface area contributed by atoms with Gasteiger partial charge >= 0.3 is 0 Å². The van der Waals surface area contributed by atoms with Crippen LogP contribution >= 0.6 is 0 Å². The van der Waals surface area contributed by atoms with Gasteiger partial charge in [0.05, 0.1) is 0 Å². The second-order valence-electron chi connectivity index (χ2n) is 2.43. The van der Waals surface area contributed by atoms with Crippen LogP contribution in [0, 0.1) is 12.3 Å².